The molecule has 2 rings (SSSR count). The molecule has 0 aliphatic rings. The van der Waals surface area contributed by atoms with Crippen molar-refractivity contribution in [1.82, 2.24) is 10.5 Å². The van der Waals surface area contributed by atoms with Gasteiger partial charge in [-0.1, -0.05) is 63.2 Å². The van der Waals surface area contributed by atoms with Gasteiger partial charge >= 0.3 is 0 Å². The third-order valence-corrected chi connectivity index (χ3v) is 4.13. The maximum absolute atomic E-state index is 12.1. The van der Waals surface area contributed by atoms with Gasteiger partial charge in [0.25, 0.3) is 0 Å². The van der Waals surface area contributed by atoms with Gasteiger partial charge in [0.1, 0.15) is 0 Å². The van der Waals surface area contributed by atoms with E-state index in [1.807, 2.05) is 58.0 Å². The molecule has 2 N–H and O–H groups in total. The number of amides is 1. The van der Waals surface area contributed by atoms with E-state index in [1.165, 1.54) is 0 Å². The number of hydrogen-bond donors (Lipinski definition) is 2. The molecular formula is C19H26N2O3. The van der Waals surface area contributed by atoms with Crippen molar-refractivity contribution in [3.8, 4) is 11.3 Å². The topological polar surface area (TPSA) is 75.4 Å². The van der Waals surface area contributed by atoms with Gasteiger partial charge < -0.3 is 14.9 Å². The van der Waals surface area contributed by atoms with Crippen LogP contribution < -0.4 is 5.32 Å². The molecule has 1 unspecified atom stereocenters. The molecule has 0 saturated carbocycles. The Morgan fingerprint density at radius 3 is 2.58 bits per heavy atom. The van der Waals surface area contributed by atoms with Crippen molar-refractivity contribution in [2.45, 2.75) is 40.2 Å². The first-order chi connectivity index (χ1) is 11.3. The highest BCUT2D eigenvalue weighted by molar-refractivity contribution is 5.78. The van der Waals surface area contributed by atoms with E-state index in [4.69, 9.17) is 4.52 Å². The van der Waals surface area contributed by atoms with Crippen LogP contribution in [0.2, 0.25) is 0 Å². The number of nitrogens with zero attached hydrogens (tertiary/aromatic N) is 1. The second-order valence-corrected chi connectivity index (χ2v) is 7.18. The van der Waals surface area contributed by atoms with Crippen molar-refractivity contribution in [2.24, 2.45) is 11.3 Å². The Balaban J connectivity index is 1.90. The van der Waals surface area contributed by atoms with Gasteiger partial charge in [-0.25, -0.2) is 0 Å². The molecule has 5 nitrogen and oxygen atoms in total. The van der Waals surface area contributed by atoms with Crippen molar-refractivity contribution < 1.29 is 14.4 Å². The number of aliphatic hydroxyl groups is 1. The van der Waals surface area contributed by atoms with E-state index in [9.17, 15) is 9.90 Å². The molecule has 2 aromatic rings. The molecular weight excluding hydrogens is 304 g/mol. The summed E-state index contributed by atoms with van der Waals surface area (Å²) in [5.74, 6) is 0.654. The smallest absolute Gasteiger partial charge is 0.226 e. The highest BCUT2D eigenvalue weighted by Crippen LogP contribution is 2.25. The number of aromatic nitrogens is 1. The van der Waals surface area contributed by atoms with Crippen LogP contribution in [0.15, 0.2) is 40.9 Å². The molecule has 1 heterocycles. The van der Waals surface area contributed by atoms with E-state index in [0.717, 1.165) is 5.56 Å². The lowest BCUT2D eigenvalue weighted by Gasteiger charge is -2.33. The fourth-order valence-corrected chi connectivity index (χ4v) is 2.69. The molecule has 1 aromatic carbocycles. The maximum atomic E-state index is 12.1. The molecule has 0 aliphatic carbocycles. The van der Waals surface area contributed by atoms with Crippen LogP contribution in [0.25, 0.3) is 11.3 Å². The summed E-state index contributed by atoms with van der Waals surface area (Å²) in [6.45, 7) is 8.24. The van der Waals surface area contributed by atoms with Gasteiger partial charge in [-0.15, -0.1) is 0 Å². The third kappa shape index (κ3) is 4.68. The van der Waals surface area contributed by atoms with E-state index in [0.29, 0.717) is 18.0 Å². The first-order valence-corrected chi connectivity index (χ1v) is 8.25. The lowest BCUT2D eigenvalue weighted by Crippen LogP contribution is -2.44. The predicted octanol–water partition coefficient (Wildman–Crippen LogP) is 3.04. The molecule has 0 saturated heterocycles. The Bertz CT molecular complexity index is 662. The Morgan fingerprint density at radius 1 is 1.29 bits per heavy atom. The van der Waals surface area contributed by atoms with E-state index in [2.05, 4.69) is 10.5 Å². The van der Waals surface area contributed by atoms with Crippen LogP contribution in [0.4, 0.5) is 0 Å². The molecule has 1 atom stereocenters. The maximum Gasteiger partial charge on any atom is 0.226 e. The van der Waals surface area contributed by atoms with Crippen molar-refractivity contribution in [1.29, 1.82) is 0 Å². The van der Waals surface area contributed by atoms with Gasteiger partial charge in [0.2, 0.25) is 5.91 Å². The van der Waals surface area contributed by atoms with Crippen molar-refractivity contribution in [3.05, 3.63) is 42.1 Å². The average molecular weight is 330 g/mol. The van der Waals surface area contributed by atoms with Gasteiger partial charge in [0.15, 0.2) is 5.76 Å². The molecule has 1 aromatic heterocycles. The van der Waals surface area contributed by atoms with Crippen LogP contribution in [-0.4, -0.2) is 28.8 Å². The fourth-order valence-electron chi connectivity index (χ4n) is 2.69. The minimum atomic E-state index is -0.477. The number of nitrogens with one attached hydrogen (secondary N) is 1. The highest BCUT2D eigenvalue weighted by atomic mass is 16.5. The summed E-state index contributed by atoms with van der Waals surface area (Å²) in [6.07, 6.45) is -0.320. The van der Waals surface area contributed by atoms with Gasteiger partial charge in [0.05, 0.1) is 18.2 Å². The number of rotatable bonds is 7. The Labute approximate surface area is 143 Å². The molecule has 1 amide bonds. The summed E-state index contributed by atoms with van der Waals surface area (Å²) in [7, 11) is 0. The van der Waals surface area contributed by atoms with Crippen LogP contribution in [0.3, 0.4) is 0 Å². The zero-order chi connectivity index (χ0) is 17.7. The van der Waals surface area contributed by atoms with Gasteiger partial charge in [0, 0.05) is 23.6 Å². The van der Waals surface area contributed by atoms with Crippen molar-refractivity contribution in [2.75, 3.05) is 6.54 Å². The third-order valence-electron chi connectivity index (χ3n) is 4.13. The number of aliphatic hydroxyl groups excluding tert-OH is 1. The summed E-state index contributed by atoms with van der Waals surface area (Å²) >= 11 is 0. The minimum absolute atomic E-state index is 0.132. The van der Waals surface area contributed by atoms with Crippen molar-refractivity contribution >= 4 is 5.91 Å². The normalized spacial score (nSPS) is 13.1. The van der Waals surface area contributed by atoms with E-state index < -0.39 is 6.10 Å². The van der Waals surface area contributed by atoms with Gasteiger partial charge in [-0.3, -0.25) is 4.79 Å². The molecule has 0 fully saturated rings. The number of benzene rings is 1. The summed E-state index contributed by atoms with van der Waals surface area (Å²) in [5.41, 5.74) is 1.13. The van der Waals surface area contributed by atoms with Crippen molar-refractivity contribution in [3.63, 3.8) is 0 Å². The number of carbonyl (C=O) groups excluding carboxylic acids is 1. The van der Waals surface area contributed by atoms with Crippen LogP contribution in [0.1, 0.15) is 33.4 Å². The second-order valence-electron chi connectivity index (χ2n) is 7.18. The fraction of sp³-hybridized carbons (Fsp3) is 0.474. The molecule has 5 heteroatoms. The molecule has 0 radical (unpaired) electrons. The summed E-state index contributed by atoms with van der Waals surface area (Å²) < 4.78 is 5.30. The first kappa shape index (κ1) is 18.2. The first-order valence-electron chi connectivity index (χ1n) is 8.25. The molecule has 0 bridgehead atoms. The standard InChI is InChI=1S/C19H26N2O3/c1-13(2)18(23)19(3,4)12-20-17(22)11-15-10-16(24-21-15)14-8-6-5-7-9-14/h5-10,13,18,23H,11-12H2,1-4H3,(H,20,22). The highest BCUT2D eigenvalue weighted by Gasteiger charge is 2.30. The van der Waals surface area contributed by atoms with Crippen LogP contribution in [0.5, 0.6) is 0 Å². The average Bonchev–Trinajstić information content (AvgIpc) is 3.01. The van der Waals surface area contributed by atoms with Gasteiger partial charge in [-0.05, 0) is 5.92 Å². The second kappa shape index (κ2) is 7.62. The minimum Gasteiger partial charge on any atom is -0.392 e. The number of carbonyl (C=O) groups is 1. The summed E-state index contributed by atoms with van der Waals surface area (Å²) in [4.78, 5) is 12.1. The quantitative estimate of drug-likeness (QED) is 0.818. The van der Waals surface area contributed by atoms with Gasteiger partial charge in [-0.2, -0.15) is 0 Å². The Hall–Kier alpha value is -2.14. The predicted molar refractivity (Wildman–Crippen MR) is 93.3 cm³/mol. The monoisotopic (exact) mass is 330 g/mol. The zero-order valence-corrected chi connectivity index (χ0v) is 14.7. The molecule has 0 aliphatic heterocycles. The molecule has 24 heavy (non-hydrogen) atoms. The Kier molecular flexibility index (Phi) is 5.78. The summed E-state index contributed by atoms with van der Waals surface area (Å²) in [5, 5.41) is 17.0. The van der Waals surface area contributed by atoms with Crippen LogP contribution in [-0.2, 0) is 11.2 Å². The largest absolute Gasteiger partial charge is 0.392 e. The Morgan fingerprint density at radius 2 is 1.96 bits per heavy atom. The zero-order valence-electron chi connectivity index (χ0n) is 14.7. The lowest BCUT2D eigenvalue weighted by molar-refractivity contribution is -0.121. The molecule has 130 valence electrons. The number of hydrogen-bond acceptors (Lipinski definition) is 4. The van der Waals surface area contributed by atoms with E-state index >= 15 is 0 Å². The van der Waals surface area contributed by atoms with Crippen LogP contribution >= 0.6 is 0 Å². The molecule has 0 spiro atoms. The SMILES string of the molecule is CC(C)C(O)C(C)(C)CNC(=O)Cc1cc(-c2ccccc2)on1. The van der Waals surface area contributed by atoms with E-state index in [1.54, 1.807) is 6.07 Å². The lowest BCUT2D eigenvalue weighted by atomic mass is 9.80. The summed E-state index contributed by atoms with van der Waals surface area (Å²) in [6, 6.07) is 11.4. The van der Waals surface area contributed by atoms with Crippen LogP contribution in [0, 0.1) is 11.3 Å². The van der Waals surface area contributed by atoms with E-state index in [-0.39, 0.29) is 23.7 Å².